The fourth-order valence-electron chi connectivity index (χ4n) is 2.53. The van der Waals surface area contributed by atoms with Gasteiger partial charge in [0.15, 0.2) is 0 Å². The quantitative estimate of drug-likeness (QED) is 0.427. The average Bonchev–Trinajstić information content (AvgIpc) is 3.37. The number of ether oxygens (including phenoxy) is 3. The minimum absolute atomic E-state index is 0.0210. The molecule has 0 radical (unpaired) electrons. The molecule has 2 aliphatic rings. The molecule has 2 fully saturated rings. The van der Waals surface area contributed by atoms with Gasteiger partial charge in [-0.1, -0.05) is 0 Å². The number of Topliss-reactive ketones (excluding diaryl/α,β-unsaturated/α-hetero) is 2. The summed E-state index contributed by atoms with van der Waals surface area (Å²) < 4.78 is 15.2. The molecule has 0 bridgehead atoms. The van der Waals surface area contributed by atoms with Gasteiger partial charge >= 0.3 is 11.9 Å². The topological polar surface area (TPSA) is 96.0 Å². The Morgan fingerprint density at radius 2 is 1.09 bits per heavy atom. The monoisotopic (exact) mass is 326 g/mol. The first-order valence-corrected chi connectivity index (χ1v) is 7.83. The number of ketones is 2. The van der Waals surface area contributed by atoms with Crippen molar-refractivity contribution < 1.29 is 33.4 Å². The van der Waals surface area contributed by atoms with Gasteiger partial charge in [0.05, 0.1) is 25.0 Å². The molecule has 23 heavy (non-hydrogen) atoms. The fraction of sp³-hybridized carbons (Fsp3) is 0.750. The maximum absolute atomic E-state index is 11.5. The van der Waals surface area contributed by atoms with Crippen LogP contribution in [-0.2, 0) is 33.4 Å². The van der Waals surface area contributed by atoms with Crippen LogP contribution in [0, 0.1) is 23.7 Å². The van der Waals surface area contributed by atoms with Crippen LogP contribution >= 0.6 is 0 Å². The van der Waals surface area contributed by atoms with Gasteiger partial charge in [-0.2, -0.15) is 0 Å². The number of carbonyl (C=O) groups is 4. The van der Waals surface area contributed by atoms with Gasteiger partial charge in [0, 0.05) is 11.8 Å². The number of rotatable bonds is 10. The second-order valence-corrected chi connectivity index (χ2v) is 6.07. The lowest BCUT2D eigenvalue weighted by Gasteiger charge is -2.07. The Labute approximate surface area is 134 Å². The number of carbonyl (C=O) groups excluding carboxylic acids is 4. The zero-order valence-corrected chi connectivity index (χ0v) is 13.4. The normalized spacial score (nSPS) is 27.9. The highest BCUT2D eigenvalue weighted by Gasteiger charge is 2.47. The first-order chi connectivity index (χ1) is 10.9. The lowest BCUT2D eigenvalue weighted by molar-refractivity contribution is -0.149. The summed E-state index contributed by atoms with van der Waals surface area (Å²) in [6, 6.07) is 0. The largest absolute Gasteiger partial charge is 0.463 e. The van der Waals surface area contributed by atoms with Crippen molar-refractivity contribution in [2.24, 2.45) is 23.7 Å². The van der Waals surface area contributed by atoms with E-state index < -0.39 is 0 Å². The highest BCUT2D eigenvalue weighted by Crippen LogP contribution is 2.40. The maximum Gasteiger partial charge on any atom is 0.309 e. The van der Waals surface area contributed by atoms with Crippen molar-refractivity contribution in [3.63, 3.8) is 0 Å². The van der Waals surface area contributed by atoms with E-state index in [9.17, 15) is 19.2 Å². The SMILES string of the molecule is CC(=O)[C@H]1C[C@@H]1C(=O)OCCOCCOC(=O)[C@@H]1C[C@H]1C(C)=O. The third-order valence-electron chi connectivity index (χ3n) is 4.17. The van der Waals surface area contributed by atoms with Crippen molar-refractivity contribution in [3.05, 3.63) is 0 Å². The summed E-state index contributed by atoms with van der Waals surface area (Å²) in [6.45, 7) is 3.59. The minimum atomic E-state index is -0.357. The molecule has 0 aromatic rings. The van der Waals surface area contributed by atoms with Crippen LogP contribution in [0.2, 0.25) is 0 Å². The number of esters is 2. The Morgan fingerprint density at radius 1 is 0.696 bits per heavy atom. The van der Waals surface area contributed by atoms with Gasteiger partial charge in [-0.25, -0.2) is 0 Å². The summed E-state index contributed by atoms with van der Waals surface area (Å²) in [4.78, 5) is 45.2. The third kappa shape index (κ3) is 5.13. The van der Waals surface area contributed by atoms with Gasteiger partial charge < -0.3 is 14.2 Å². The van der Waals surface area contributed by atoms with Crippen molar-refractivity contribution in [1.82, 2.24) is 0 Å². The molecule has 0 unspecified atom stereocenters. The van der Waals surface area contributed by atoms with E-state index >= 15 is 0 Å². The highest BCUT2D eigenvalue weighted by molar-refractivity contribution is 5.90. The number of hydrogen-bond acceptors (Lipinski definition) is 7. The Kier molecular flexibility index (Phi) is 5.87. The van der Waals surface area contributed by atoms with Crippen molar-refractivity contribution in [2.75, 3.05) is 26.4 Å². The fourth-order valence-corrected chi connectivity index (χ4v) is 2.53. The van der Waals surface area contributed by atoms with Crippen molar-refractivity contribution in [2.45, 2.75) is 26.7 Å². The van der Waals surface area contributed by atoms with Gasteiger partial charge in [0.25, 0.3) is 0 Å². The van der Waals surface area contributed by atoms with E-state index in [1.54, 1.807) is 0 Å². The molecule has 128 valence electrons. The zero-order valence-electron chi connectivity index (χ0n) is 13.4. The Bertz CT molecular complexity index is 455. The van der Waals surface area contributed by atoms with E-state index in [0.717, 1.165) is 0 Å². The van der Waals surface area contributed by atoms with E-state index in [1.807, 2.05) is 0 Å². The van der Waals surface area contributed by atoms with Crippen LogP contribution in [0.4, 0.5) is 0 Å². The van der Waals surface area contributed by atoms with Crippen LogP contribution in [-0.4, -0.2) is 49.9 Å². The third-order valence-corrected chi connectivity index (χ3v) is 4.17. The smallest absolute Gasteiger partial charge is 0.309 e. The van der Waals surface area contributed by atoms with Crippen LogP contribution in [0.3, 0.4) is 0 Å². The summed E-state index contributed by atoms with van der Waals surface area (Å²) in [7, 11) is 0. The van der Waals surface area contributed by atoms with E-state index in [2.05, 4.69) is 0 Å². The molecule has 0 aromatic carbocycles. The molecule has 0 N–H and O–H groups in total. The Balaban J connectivity index is 1.43. The first kappa shape index (κ1) is 17.6. The van der Waals surface area contributed by atoms with Crippen LogP contribution in [0.15, 0.2) is 0 Å². The zero-order chi connectivity index (χ0) is 17.0. The molecule has 0 aliphatic heterocycles. The second kappa shape index (κ2) is 7.68. The van der Waals surface area contributed by atoms with E-state index in [4.69, 9.17) is 14.2 Å². The average molecular weight is 326 g/mol. The highest BCUT2D eigenvalue weighted by atomic mass is 16.6. The molecule has 7 nitrogen and oxygen atoms in total. The number of hydrogen-bond donors (Lipinski definition) is 0. The van der Waals surface area contributed by atoms with Crippen molar-refractivity contribution in [3.8, 4) is 0 Å². The molecule has 0 aromatic heterocycles. The molecule has 7 heteroatoms. The molecule has 2 rings (SSSR count). The molecule has 2 saturated carbocycles. The molecule has 2 aliphatic carbocycles. The van der Waals surface area contributed by atoms with Gasteiger partial charge in [0.2, 0.25) is 0 Å². The van der Waals surface area contributed by atoms with Crippen LogP contribution in [0.5, 0.6) is 0 Å². The Morgan fingerprint density at radius 3 is 1.39 bits per heavy atom. The van der Waals surface area contributed by atoms with E-state index in [0.29, 0.717) is 12.8 Å². The predicted octanol–water partition coefficient (Wildman–Crippen LogP) is 0.540. The summed E-state index contributed by atoms with van der Waals surface area (Å²) in [5.41, 5.74) is 0. The summed E-state index contributed by atoms with van der Waals surface area (Å²) in [6.07, 6.45) is 1.15. The predicted molar refractivity (Wildman–Crippen MR) is 77.3 cm³/mol. The van der Waals surface area contributed by atoms with Gasteiger partial charge in [-0.3, -0.25) is 19.2 Å². The van der Waals surface area contributed by atoms with E-state index in [-0.39, 0.29) is 73.6 Å². The lowest BCUT2D eigenvalue weighted by atomic mass is 10.2. The van der Waals surface area contributed by atoms with Gasteiger partial charge in [-0.15, -0.1) is 0 Å². The summed E-state index contributed by atoms with van der Waals surface area (Å²) >= 11 is 0. The molecule has 0 heterocycles. The van der Waals surface area contributed by atoms with E-state index in [1.165, 1.54) is 13.8 Å². The second-order valence-electron chi connectivity index (χ2n) is 6.07. The van der Waals surface area contributed by atoms with Gasteiger partial charge in [0.1, 0.15) is 24.8 Å². The van der Waals surface area contributed by atoms with Crippen molar-refractivity contribution in [1.29, 1.82) is 0 Å². The van der Waals surface area contributed by atoms with Crippen LogP contribution in [0.25, 0.3) is 0 Å². The van der Waals surface area contributed by atoms with Crippen molar-refractivity contribution >= 4 is 23.5 Å². The lowest BCUT2D eigenvalue weighted by Crippen LogP contribution is -2.17. The summed E-state index contributed by atoms with van der Waals surface area (Å²) in [5.74, 6) is -1.61. The molecule has 0 spiro atoms. The maximum atomic E-state index is 11.5. The molecule has 0 amide bonds. The first-order valence-electron chi connectivity index (χ1n) is 7.83. The molecular formula is C16H22O7. The van der Waals surface area contributed by atoms with Crippen LogP contribution < -0.4 is 0 Å². The minimum Gasteiger partial charge on any atom is -0.463 e. The molecule has 4 atom stereocenters. The summed E-state index contributed by atoms with van der Waals surface area (Å²) in [5, 5.41) is 0. The van der Waals surface area contributed by atoms with Crippen LogP contribution in [0.1, 0.15) is 26.7 Å². The van der Waals surface area contributed by atoms with Gasteiger partial charge in [-0.05, 0) is 26.7 Å². The standard InChI is InChI=1S/C16H22O7/c1-9(17)11-7-13(11)15(19)22-5-3-21-4-6-23-16(20)14-8-12(14)10(2)18/h11-14H,3-8H2,1-2H3/t11-,12+,13+,14-. The Hall–Kier alpha value is -1.76. The molecule has 0 saturated heterocycles. The molecular weight excluding hydrogens is 304 g/mol.